The molecule has 0 saturated heterocycles. The van der Waals surface area contributed by atoms with Crippen LogP contribution in [0.4, 0.5) is 8.78 Å². The monoisotopic (exact) mass is 640 g/mol. The first kappa shape index (κ1) is 32.6. The van der Waals surface area contributed by atoms with Crippen LogP contribution in [-0.2, 0) is 0 Å². The minimum atomic E-state index is -0.799. The Hall–Kier alpha value is -4.95. The third-order valence-corrected chi connectivity index (χ3v) is 10.3. The number of halogens is 2. The lowest BCUT2D eigenvalue weighted by atomic mass is 9.20. The van der Waals surface area contributed by atoms with Crippen molar-refractivity contribution in [3.05, 3.63) is 166 Å². The summed E-state index contributed by atoms with van der Waals surface area (Å²) in [6.45, 7) is 14.4. The van der Waals surface area contributed by atoms with Crippen molar-refractivity contribution in [2.45, 2.75) is 48.5 Å². The van der Waals surface area contributed by atoms with Crippen molar-refractivity contribution in [2.75, 3.05) is 0 Å². The number of rotatable bonds is 2. The molecule has 0 radical (unpaired) electrons. The van der Waals surface area contributed by atoms with Gasteiger partial charge in [0.15, 0.2) is 11.6 Å². The molecule has 0 aliphatic carbocycles. The van der Waals surface area contributed by atoms with Crippen LogP contribution in [0.3, 0.4) is 0 Å². The van der Waals surface area contributed by atoms with Crippen molar-refractivity contribution >= 4 is 67.7 Å². The van der Waals surface area contributed by atoms with Crippen LogP contribution in [0.5, 0.6) is 0 Å². The fourth-order valence-corrected chi connectivity index (χ4v) is 8.39. The molecule has 0 fully saturated rings. The molecule has 1 aliphatic heterocycles. The zero-order valence-corrected chi connectivity index (χ0v) is 29.4. The molecule has 0 bridgehead atoms. The van der Waals surface area contributed by atoms with Gasteiger partial charge in [-0.1, -0.05) is 163 Å². The normalized spacial score (nSPS) is 12.1. The average Bonchev–Trinajstić information content (AvgIpc) is 3.04. The van der Waals surface area contributed by atoms with Gasteiger partial charge in [0.2, 0.25) is 13.4 Å². The SMILES string of the molecule is Cc1cc(C)c(B2c3cc(F)c(F)cc3B(c3c(C)cc(C)cc3C)c3cc4cc5ccccc5cc4cc32)c(C)c1.Cc1ccccc1. The Morgan fingerprint density at radius 2 is 0.694 bits per heavy atom. The highest BCUT2D eigenvalue weighted by Crippen LogP contribution is 2.23. The summed E-state index contributed by atoms with van der Waals surface area (Å²) >= 11 is 0. The van der Waals surface area contributed by atoms with E-state index in [-0.39, 0.29) is 13.4 Å². The van der Waals surface area contributed by atoms with E-state index in [9.17, 15) is 0 Å². The molecule has 0 aromatic heterocycles. The summed E-state index contributed by atoms with van der Waals surface area (Å²) in [5.41, 5.74) is 14.7. The van der Waals surface area contributed by atoms with Crippen molar-refractivity contribution in [1.82, 2.24) is 0 Å². The van der Waals surface area contributed by atoms with Gasteiger partial charge in [0.05, 0.1) is 0 Å². The summed E-state index contributed by atoms with van der Waals surface area (Å²) in [7, 11) is 0. The Morgan fingerprint density at radius 1 is 0.347 bits per heavy atom. The Kier molecular flexibility index (Phi) is 8.53. The van der Waals surface area contributed by atoms with Gasteiger partial charge in [-0.15, -0.1) is 0 Å². The van der Waals surface area contributed by atoms with Gasteiger partial charge >= 0.3 is 0 Å². The molecular formula is C45H40B2F2. The molecule has 0 unspecified atom stereocenters. The lowest BCUT2D eigenvalue weighted by Crippen LogP contribution is -2.76. The summed E-state index contributed by atoms with van der Waals surface area (Å²) < 4.78 is 30.5. The van der Waals surface area contributed by atoms with E-state index in [2.05, 4.69) is 133 Å². The standard InChI is InChI=1S/C38H32B2F2.C7H8/c1-21-11-23(3)37(24(4)12-21)39-31-17-29-15-27-9-7-8-10-28(27)16-30(29)18-32(31)40(34-20-36(42)35(41)19-33(34)39)38-25(5)13-22(2)14-26(38)6;1-7-5-3-2-4-6-7/h7-20H,1-6H3;2-6H,1H3. The maximum absolute atomic E-state index is 15.2. The van der Waals surface area contributed by atoms with E-state index in [0.29, 0.717) is 0 Å². The second-order valence-electron chi connectivity index (χ2n) is 14.1. The molecule has 1 heterocycles. The molecule has 0 N–H and O–H groups in total. The second kappa shape index (κ2) is 12.8. The van der Waals surface area contributed by atoms with E-state index in [1.807, 2.05) is 18.2 Å². The predicted molar refractivity (Wildman–Crippen MR) is 210 cm³/mol. The molecule has 0 amide bonds. The maximum atomic E-state index is 15.2. The summed E-state index contributed by atoms with van der Waals surface area (Å²) in [5.74, 6) is -1.60. The Balaban J connectivity index is 0.000000483. The number of hydrogen-bond donors (Lipinski definition) is 0. The fourth-order valence-electron chi connectivity index (χ4n) is 8.39. The summed E-state index contributed by atoms with van der Waals surface area (Å²) in [4.78, 5) is 0. The Labute approximate surface area is 290 Å². The van der Waals surface area contributed by atoms with Crippen molar-refractivity contribution < 1.29 is 8.78 Å². The third kappa shape index (κ3) is 5.99. The van der Waals surface area contributed by atoms with Gasteiger partial charge in [-0.25, -0.2) is 8.78 Å². The van der Waals surface area contributed by atoms with Gasteiger partial charge in [0.1, 0.15) is 0 Å². The molecule has 240 valence electrons. The topological polar surface area (TPSA) is 0 Å². The van der Waals surface area contributed by atoms with Crippen molar-refractivity contribution in [2.24, 2.45) is 0 Å². The number of fused-ring (bicyclic) bond motifs is 4. The van der Waals surface area contributed by atoms with E-state index in [1.165, 1.54) is 72.8 Å². The summed E-state index contributed by atoms with van der Waals surface area (Å²) in [5, 5.41) is 4.69. The number of aryl methyl sites for hydroxylation is 7. The first-order valence-corrected chi connectivity index (χ1v) is 17.1. The summed E-state index contributed by atoms with van der Waals surface area (Å²) in [6.07, 6.45) is 0. The zero-order valence-electron chi connectivity index (χ0n) is 29.4. The molecule has 8 rings (SSSR count). The van der Waals surface area contributed by atoms with Crippen LogP contribution in [0.1, 0.15) is 38.9 Å². The number of hydrogen-bond acceptors (Lipinski definition) is 0. The molecule has 0 saturated carbocycles. The quantitative estimate of drug-likeness (QED) is 0.136. The van der Waals surface area contributed by atoms with E-state index in [4.69, 9.17) is 0 Å². The fraction of sp³-hybridized carbons (Fsp3) is 0.156. The third-order valence-electron chi connectivity index (χ3n) is 10.3. The molecule has 7 aromatic rings. The van der Waals surface area contributed by atoms with Crippen LogP contribution < -0.4 is 32.8 Å². The Morgan fingerprint density at radius 3 is 1.04 bits per heavy atom. The van der Waals surface area contributed by atoms with E-state index in [1.54, 1.807) is 0 Å². The van der Waals surface area contributed by atoms with Gasteiger partial charge < -0.3 is 0 Å². The molecular weight excluding hydrogens is 600 g/mol. The first-order valence-electron chi connectivity index (χ1n) is 17.1. The molecule has 0 nitrogen and oxygen atoms in total. The molecule has 4 heteroatoms. The van der Waals surface area contributed by atoms with Gasteiger partial charge in [-0.2, -0.15) is 0 Å². The Bertz CT molecular complexity index is 2200. The van der Waals surface area contributed by atoms with E-state index in [0.717, 1.165) is 32.6 Å². The van der Waals surface area contributed by atoms with E-state index >= 15 is 8.78 Å². The lowest BCUT2D eigenvalue weighted by molar-refractivity contribution is 0.510. The van der Waals surface area contributed by atoms with Gasteiger partial charge in [0, 0.05) is 0 Å². The van der Waals surface area contributed by atoms with Crippen LogP contribution in [0.15, 0.2) is 115 Å². The highest BCUT2D eigenvalue weighted by atomic mass is 19.2. The molecule has 7 aromatic carbocycles. The largest absolute Gasteiger partial charge is 0.240 e. The minimum Gasteiger partial charge on any atom is -0.204 e. The van der Waals surface area contributed by atoms with E-state index < -0.39 is 11.6 Å². The van der Waals surface area contributed by atoms with Gasteiger partial charge in [-0.3, -0.25) is 0 Å². The molecule has 0 spiro atoms. The van der Waals surface area contributed by atoms with Crippen molar-refractivity contribution in [3.63, 3.8) is 0 Å². The molecule has 1 aliphatic rings. The molecule has 0 atom stereocenters. The highest BCUT2D eigenvalue weighted by Gasteiger charge is 2.41. The van der Waals surface area contributed by atoms with Gasteiger partial charge in [-0.05, 0) is 94.3 Å². The van der Waals surface area contributed by atoms with Crippen LogP contribution in [0.2, 0.25) is 0 Å². The predicted octanol–water partition coefficient (Wildman–Crippen LogP) is 7.46. The summed E-state index contributed by atoms with van der Waals surface area (Å²) in [6, 6.07) is 39.6. The second-order valence-corrected chi connectivity index (χ2v) is 14.1. The van der Waals surface area contributed by atoms with Crippen LogP contribution in [0.25, 0.3) is 21.5 Å². The molecule has 49 heavy (non-hydrogen) atoms. The minimum absolute atomic E-state index is 0.219. The lowest BCUT2D eigenvalue weighted by Gasteiger charge is -2.35. The van der Waals surface area contributed by atoms with Crippen molar-refractivity contribution in [1.29, 1.82) is 0 Å². The van der Waals surface area contributed by atoms with Gasteiger partial charge in [0.25, 0.3) is 0 Å². The smallest absolute Gasteiger partial charge is 0.204 e. The van der Waals surface area contributed by atoms with Crippen LogP contribution >= 0.6 is 0 Å². The number of benzene rings is 7. The highest BCUT2D eigenvalue weighted by molar-refractivity contribution is 7.11. The first-order chi connectivity index (χ1) is 23.5. The zero-order chi connectivity index (χ0) is 34.6. The van der Waals surface area contributed by atoms with Crippen molar-refractivity contribution in [3.8, 4) is 0 Å². The average molecular weight is 640 g/mol. The van der Waals surface area contributed by atoms with Crippen LogP contribution in [-0.4, -0.2) is 13.4 Å². The maximum Gasteiger partial charge on any atom is 0.240 e. The van der Waals surface area contributed by atoms with Crippen LogP contribution in [0, 0.1) is 60.1 Å².